The summed E-state index contributed by atoms with van der Waals surface area (Å²) in [4.78, 5) is 60.0. The van der Waals surface area contributed by atoms with E-state index < -0.39 is 57.4 Å². The van der Waals surface area contributed by atoms with Crippen LogP contribution in [0.25, 0.3) is 0 Å². The molecule has 2 amide bonds. The number of nitrogens with zero attached hydrogens (tertiary/aromatic N) is 4. The Labute approximate surface area is 238 Å². The van der Waals surface area contributed by atoms with Crippen LogP contribution in [0.2, 0.25) is 0 Å². The lowest BCUT2D eigenvalue weighted by Gasteiger charge is -2.29. The van der Waals surface area contributed by atoms with Crippen molar-refractivity contribution in [1.29, 1.82) is 0 Å². The largest absolute Gasteiger partial charge is 0.378 e. The van der Waals surface area contributed by atoms with Gasteiger partial charge in [-0.05, 0) is 49.2 Å². The number of ether oxygens (including phenoxy) is 1. The Balaban J connectivity index is 1.28. The first-order valence-electron chi connectivity index (χ1n) is 13.8. The van der Waals surface area contributed by atoms with Crippen LogP contribution in [0.4, 0.5) is 5.69 Å². The van der Waals surface area contributed by atoms with Gasteiger partial charge >= 0.3 is 0 Å². The summed E-state index contributed by atoms with van der Waals surface area (Å²) in [5, 5.41) is 1.68. The average Bonchev–Trinajstić information content (AvgIpc) is 3.58. The monoisotopic (exact) mass is 583 g/mol. The second kappa shape index (κ2) is 12.0. The third-order valence-corrected chi connectivity index (χ3v) is 9.51. The molecule has 3 unspecified atom stereocenters. The molecule has 12 nitrogen and oxygen atoms in total. The number of fused-ring (bicyclic) bond motifs is 1. The molecule has 13 heteroatoms. The summed E-state index contributed by atoms with van der Waals surface area (Å²) in [6, 6.07) is 7.20. The molecule has 1 aromatic carbocycles. The van der Waals surface area contributed by atoms with Gasteiger partial charge in [-0.15, -0.1) is 0 Å². The number of pyridine rings is 1. The van der Waals surface area contributed by atoms with Crippen molar-refractivity contribution in [3.63, 3.8) is 0 Å². The summed E-state index contributed by atoms with van der Waals surface area (Å²) in [7, 11) is -4.51. The molecule has 41 heavy (non-hydrogen) atoms. The third kappa shape index (κ3) is 5.74. The lowest BCUT2D eigenvalue weighted by molar-refractivity contribution is -0.138. The van der Waals surface area contributed by atoms with Crippen molar-refractivity contribution in [3.05, 3.63) is 59.9 Å². The Hall–Kier alpha value is -3.68. The number of carbonyl (C=O) groups is 4. The maximum atomic E-state index is 13.7. The minimum atomic E-state index is -4.51. The first-order chi connectivity index (χ1) is 19.7. The quantitative estimate of drug-likeness (QED) is 0.478. The summed E-state index contributed by atoms with van der Waals surface area (Å²) in [5.41, 5.74) is 1.28. The Kier molecular flexibility index (Phi) is 8.47. The van der Waals surface area contributed by atoms with Gasteiger partial charge in [-0.25, -0.2) is 8.42 Å². The molecule has 218 valence electrons. The highest BCUT2D eigenvalue weighted by Gasteiger charge is 2.55. The molecule has 0 bridgehead atoms. The summed E-state index contributed by atoms with van der Waals surface area (Å²) in [6.07, 6.45) is 3.74. The molecule has 4 heterocycles. The fourth-order valence-corrected chi connectivity index (χ4v) is 7.22. The van der Waals surface area contributed by atoms with Gasteiger partial charge < -0.3 is 19.9 Å². The number of sulfonamides is 1. The number of morpholine rings is 1. The first kappa shape index (κ1) is 28.8. The number of hydrogen-bond donors (Lipinski definition) is 1. The maximum Gasteiger partial charge on any atom is 0.293 e. The van der Waals surface area contributed by atoms with E-state index in [9.17, 15) is 27.6 Å². The molecule has 3 aliphatic heterocycles. The van der Waals surface area contributed by atoms with E-state index in [4.69, 9.17) is 4.74 Å². The first-order valence-corrected chi connectivity index (χ1v) is 15.2. The SMILES string of the molecule is CCCC(NC(=O)c1ccc(N2CCOCC2)cc1)C(=O)N1CCC2C1C(=O)CN2S(=O)(=O)C(=O)c1cccnc1. The summed E-state index contributed by atoms with van der Waals surface area (Å²) < 4.78 is 32.7. The van der Waals surface area contributed by atoms with Gasteiger partial charge in [0.15, 0.2) is 5.78 Å². The molecular formula is C28H33N5O7S. The molecule has 0 spiro atoms. The van der Waals surface area contributed by atoms with Gasteiger partial charge in [-0.3, -0.25) is 24.2 Å². The van der Waals surface area contributed by atoms with E-state index >= 15 is 0 Å². The van der Waals surface area contributed by atoms with Gasteiger partial charge in [-0.1, -0.05) is 13.3 Å². The van der Waals surface area contributed by atoms with Crippen molar-refractivity contribution in [3.8, 4) is 0 Å². The highest BCUT2D eigenvalue weighted by Crippen LogP contribution is 2.33. The molecule has 0 aliphatic carbocycles. The van der Waals surface area contributed by atoms with Crippen molar-refractivity contribution >= 4 is 38.4 Å². The standard InChI is InChI=1S/C28H33N5O7S/c1-2-4-22(30-26(35)19-6-8-21(9-7-19)31-13-15-40-16-14-31)27(36)32-12-10-23-25(32)24(34)18-33(23)41(38,39)28(37)20-5-3-11-29-17-20/h3,5-9,11,17,22-23,25H,2,4,10,12-16,18H2,1H3,(H,30,35). The van der Waals surface area contributed by atoms with E-state index in [1.54, 1.807) is 12.1 Å². The zero-order valence-corrected chi connectivity index (χ0v) is 23.6. The zero-order valence-electron chi connectivity index (χ0n) is 22.8. The fourth-order valence-electron chi connectivity index (χ4n) is 5.71. The Morgan fingerprint density at radius 2 is 1.80 bits per heavy atom. The van der Waals surface area contributed by atoms with E-state index in [0.717, 1.165) is 29.3 Å². The van der Waals surface area contributed by atoms with Crippen molar-refractivity contribution in [2.45, 2.75) is 44.3 Å². The highest BCUT2D eigenvalue weighted by atomic mass is 32.2. The van der Waals surface area contributed by atoms with Gasteiger partial charge in [0.05, 0.1) is 31.4 Å². The molecule has 3 atom stereocenters. The van der Waals surface area contributed by atoms with Crippen LogP contribution in [0.15, 0.2) is 48.8 Å². The highest BCUT2D eigenvalue weighted by molar-refractivity contribution is 8.04. The summed E-state index contributed by atoms with van der Waals surface area (Å²) in [5.74, 6) is -1.31. The zero-order chi connectivity index (χ0) is 29.1. The van der Waals surface area contributed by atoms with E-state index in [0.29, 0.717) is 31.6 Å². The van der Waals surface area contributed by atoms with E-state index in [-0.39, 0.29) is 18.5 Å². The van der Waals surface area contributed by atoms with Crippen LogP contribution >= 0.6 is 0 Å². The molecule has 0 radical (unpaired) electrons. The van der Waals surface area contributed by atoms with Crippen molar-refractivity contribution in [2.75, 3.05) is 44.3 Å². The number of ketones is 1. The summed E-state index contributed by atoms with van der Waals surface area (Å²) in [6.45, 7) is 4.36. The van der Waals surface area contributed by atoms with Gasteiger partial charge in [0.1, 0.15) is 12.1 Å². The molecule has 2 aromatic rings. The number of Topliss-reactive ketones (excluding diaryl/α,β-unsaturated/α-hetero) is 1. The second-order valence-corrected chi connectivity index (χ2v) is 12.1. The number of anilines is 1. The normalized spacial score (nSPS) is 21.9. The number of rotatable bonds is 8. The Morgan fingerprint density at radius 1 is 1.07 bits per heavy atom. The van der Waals surface area contributed by atoms with Crippen molar-refractivity contribution in [2.24, 2.45) is 0 Å². The molecule has 5 rings (SSSR count). The topological polar surface area (TPSA) is 146 Å². The van der Waals surface area contributed by atoms with Crippen LogP contribution in [0.5, 0.6) is 0 Å². The Bertz CT molecular complexity index is 1410. The predicted molar refractivity (Wildman–Crippen MR) is 149 cm³/mol. The van der Waals surface area contributed by atoms with Crippen LogP contribution in [0, 0.1) is 0 Å². The van der Waals surface area contributed by atoms with Crippen molar-refractivity contribution in [1.82, 2.24) is 19.5 Å². The minimum absolute atomic E-state index is 0.0990. The van der Waals surface area contributed by atoms with Crippen LogP contribution in [-0.4, -0.2) is 103 Å². The van der Waals surface area contributed by atoms with Crippen molar-refractivity contribution < 1.29 is 32.3 Å². The lowest BCUT2D eigenvalue weighted by Crippen LogP contribution is -2.52. The number of hydrogen-bond acceptors (Lipinski definition) is 9. The molecule has 1 N–H and O–H groups in total. The maximum absolute atomic E-state index is 13.7. The van der Waals surface area contributed by atoms with Gasteiger partial charge in [-0.2, -0.15) is 4.31 Å². The average molecular weight is 584 g/mol. The van der Waals surface area contributed by atoms with Gasteiger partial charge in [0.2, 0.25) is 5.91 Å². The molecular weight excluding hydrogens is 550 g/mol. The predicted octanol–water partition coefficient (Wildman–Crippen LogP) is 0.841. The van der Waals surface area contributed by atoms with Gasteiger partial charge in [0, 0.05) is 43.3 Å². The summed E-state index contributed by atoms with van der Waals surface area (Å²) >= 11 is 0. The Morgan fingerprint density at radius 3 is 2.46 bits per heavy atom. The van der Waals surface area contributed by atoms with Gasteiger partial charge in [0.25, 0.3) is 21.0 Å². The second-order valence-electron chi connectivity index (χ2n) is 10.3. The van der Waals surface area contributed by atoms with E-state index in [1.165, 1.54) is 23.2 Å². The smallest absolute Gasteiger partial charge is 0.293 e. The van der Waals surface area contributed by atoms with Crippen LogP contribution in [-0.2, 0) is 24.3 Å². The molecule has 3 fully saturated rings. The van der Waals surface area contributed by atoms with Crippen LogP contribution in [0.3, 0.4) is 0 Å². The van der Waals surface area contributed by atoms with Crippen LogP contribution in [0.1, 0.15) is 46.9 Å². The molecule has 1 aromatic heterocycles. The number of benzene rings is 1. The van der Waals surface area contributed by atoms with E-state index in [1.807, 2.05) is 19.1 Å². The minimum Gasteiger partial charge on any atom is -0.378 e. The molecule has 3 saturated heterocycles. The van der Waals surface area contributed by atoms with Crippen LogP contribution < -0.4 is 10.2 Å². The third-order valence-electron chi connectivity index (χ3n) is 7.79. The van der Waals surface area contributed by atoms with E-state index in [2.05, 4.69) is 15.2 Å². The molecule has 3 aliphatic rings. The number of carbonyl (C=O) groups excluding carboxylic acids is 4. The molecule has 0 saturated carbocycles. The lowest BCUT2D eigenvalue weighted by atomic mass is 10.1. The number of nitrogens with one attached hydrogen (secondary N) is 1. The number of aromatic nitrogens is 1. The number of likely N-dealkylation sites (tertiary alicyclic amines) is 1. The number of amides is 2. The fraction of sp³-hybridized carbons (Fsp3) is 0.464.